The molecule has 1 aliphatic rings. The number of aryl methyl sites for hydroxylation is 2. The quantitative estimate of drug-likeness (QED) is 0.356. The third kappa shape index (κ3) is 3.21. The van der Waals surface area contributed by atoms with Gasteiger partial charge in [0.05, 0.1) is 10.6 Å². The zero-order valence-corrected chi connectivity index (χ0v) is 16.9. The Bertz CT molecular complexity index is 1220. The van der Waals surface area contributed by atoms with Crippen LogP contribution in [0.5, 0.6) is 0 Å². The summed E-state index contributed by atoms with van der Waals surface area (Å²) in [4.78, 5) is 23.1. The highest BCUT2D eigenvalue weighted by Gasteiger charge is 2.25. The number of amides is 1. The Morgan fingerprint density at radius 1 is 1.10 bits per heavy atom. The Morgan fingerprint density at radius 2 is 1.86 bits per heavy atom. The Morgan fingerprint density at radius 3 is 2.55 bits per heavy atom. The molecule has 0 radical (unpaired) electrons. The number of halogens is 1. The molecule has 2 aromatic carbocycles. The number of anilines is 1. The Labute approximate surface area is 172 Å². The molecule has 4 rings (SSSR count). The molecule has 0 fully saturated rings. The maximum absolute atomic E-state index is 12.5. The van der Waals surface area contributed by atoms with E-state index in [0.717, 1.165) is 33.8 Å². The van der Waals surface area contributed by atoms with Crippen LogP contribution in [-0.4, -0.2) is 15.4 Å². The lowest BCUT2D eigenvalue weighted by Gasteiger charge is -2.12. The zero-order chi connectivity index (χ0) is 20.9. The largest absolute Gasteiger partial charge is 0.321 e. The van der Waals surface area contributed by atoms with Gasteiger partial charge in [0, 0.05) is 45.4 Å². The number of benzene rings is 2. The molecule has 0 bridgehead atoms. The van der Waals surface area contributed by atoms with E-state index in [-0.39, 0.29) is 11.6 Å². The smallest absolute Gasteiger partial charge is 0.269 e. The van der Waals surface area contributed by atoms with E-state index in [2.05, 4.69) is 5.32 Å². The molecule has 7 heteroatoms. The summed E-state index contributed by atoms with van der Waals surface area (Å²) in [7, 11) is 0. The number of hydrogen-bond donors (Lipinski definition) is 1. The lowest BCUT2D eigenvalue weighted by Crippen LogP contribution is -2.04. The minimum absolute atomic E-state index is 0.0638. The molecule has 0 atom stereocenters. The number of nitrogens with one attached hydrogen (secondary N) is 1. The third-order valence-electron chi connectivity index (χ3n) is 5.17. The molecule has 146 valence electrons. The first-order chi connectivity index (χ1) is 13.8. The number of nitrogens with zero attached hydrogens (tertiary/aromatic N) is 2. The van der Waals surface area contributed by atoms with E-state index >= 15 is 0 Å². The summed E-state index contributed by atoms with van der Waals surface area (Å²) in [6.45, 7) is 5.79. The minimum Gasteiger partial charge on any atom is -0.321 e. The lowest BCUT2D eigenvalue weighted by atomic mass is 10.0. The first-order valence-electron chi connectivity index (χ1n) is 9.03. The van der Waals surface area contributed by atoms with Gasteiger partial charge in [0.15, 0.2) is 0 Å². The molecule has 0 saturated heterocycles. The monoisotopic (exact) mass is 407 g/mol. The van der Waals surface area contributed by atoms with Crippen molar-refractivity contribution >= 4 is 40.5 Å². The maximum Gasteiger partial charge on any atom is 0.269 e. The first-order valence-corrected chi connectivity index (χ1v) is 9.41. The van der Waals surface area contributed by atoms with Crippen molar-refractivity contribution in [2.24, 2.45) is 0 Å². The highest BCUT2D eigenvalue weighted by Crippen LogP contribution is 2.36. The van der Waals surface area contributed by atoms with Gasteiger partial charge >= 0.3 is 0 Å². The standard InChI is InChI=1S/C22H18ClN3O3/c1-12-8-17(26(28)29)5-7-21(12)25-13(2)9-15(14(25)3)10-19-18-6-4-16(23)11-20(18)24-22(19)27/h4-11H,1-3H3,(H,24,27)/b19-10+. The van der Waals surface area contributed by atoms with Crippen molar-refractivity contribution in [3.8, 4) is 5.69 Å². The van der Waals surface area contributed by atoms with Crippen molar-refractivity contribution in [1.82, 2.24) is 4.57 Å². The molecule has 1 aromatic heterocycles. The topological polar surface area (TPSA) is 77.2 Å². The Kier molecular flexibility index (Phi) is 4.51. The van der Waals surface area contributed by atoms with Crippen molar-refractivity contribution in [3.05, 3.63) is 85.7 Å². The second kappa shape index (κ2) is 6.90. The van der Waals surface area contributed by atoms with E-state index in [1.54, 1.807) is 24.3 Å². The lowest BCUT2D eigenvalue weighted by molar-refractivity contribution is -0.384. The summed E-state index contributed by atoms with van der Waals surface area (Å²) in [5.41, 5.74) is 6.67. The summed E-state index contributed by atoms with van der Waals surface area (Å²) in [5.74, 6) is -0.168. The molecule has 1 aliphatic heterocycles. The Hall–Kier alpha value is -3.38. The van der Waals surface area contributed by atoms with E-state index in [0.29, 0.717) is 16.3 Å². The van der Waals surface area contributed by atoms with Crippen LogP contribution in [0.15, 0.2) is 42.5 Å². The van der Waals surface area contributed by atoms with Crippen LogP contribution in [-0.2, 0) is 4.79 Å². The van der Waals surface area contributed by atoms with Gasteiger partial charge in [-0.1, -0.05) is 17.7 Å². The summed E-state index contributed by atoms with van der Waals surface area (Å²) < 4.78 is 2.04. The number of nitro benzene ring substituents is 1. The summed E-state index contributed by atoms with van der Waals surface area (Å²) in [6, 6.07) is 12.2. The van der Waals surface area contributed by atoms with Crippen LogP contribution in [0.4, 0.5) is 11.4 Å². The van der Waals surface area contributed by atoms with Gasteiger partial charge in [-0.3, -0.25) is 14.9 Å². The predicted octanol–water partition coefficient (Wildman–Crippen LogP) is 5.46. The van der Waals surface area contributed by atoms with Crippen molar-refractivity contribution in [2.75, 3.05) is 5.32 Å². The van der Waals surface area contributed by atoms with Crippen LogP contribution in [0, 0.1) is 30.9 Å². The van der Waals surface area contributed by atoms with Gasteiger partial charge in [-0.05, 0) is 62.2 Å². The molecule has 0 saturated carbocycles. The SMILES string of the molecule is Cc1cc([N+](=O)[O-])ccc1-n1c(C)cc(/C=C2/C(=O)Nc3cc(Cl)ccc32)c1C. The maximum atomic E-state index is 12.5. The van der Waals surface area contributed by atoms with Gasteiger partial charge in [0.1, 0.15) is 0 Å². The third-order valence-corrected chi connectivity index (χ3v) is 5.40. The molecular weight excluding hydrogens is 390 g/mol. The van der Waals surface area contributed by atoms with Crippen LogP contribution < -0.4 is 5.32 Å². The zero-order valence-electron chi connectivity index (χ0n) is 16.1. The van der Waals surface area contributed by atoms with Gasteiger partial charge in [-0.25, -0.2) is 0 Å². The van der Waals surface area contributed by atoms with Gasteiger partial charge in [0.25, 0.3) is 11.6 Å². The normalized spacial score (nSPS) is 14.2. The molecule has 1 amide bonds. The van der Waals surface area contributed by atoms with E-state index < -0.39 is 4.92 Å². The molecule has 0 spiro atoms. The number of nitro groups is 1. The van der Waals surface area contributed by atoms with Crippen molar-refractivity contribution in [1.29, 1.82) is 0 Å². The predicted molar refractivity (Wildman–Crippen MR) is 115 cm³/mol. The number of hydrogen-bond acceptors (Lipinski definition) is 3. The molecule has 3 aromatic rings. The van der Waals surface area contributed by atoms with Crippen LogP contribution in [0.3, 0.4) is 0 Å². The number of non-ortho nitro benzene ring substituents is 1. The first kappa shape index (κ1) is 19.0. The number of aromatic nitrogens is 1. The minimum atomic E-state index is -0.398. The number of fused-ring (bicyclic) bond motifs is 1. The van der Waals surface area contributed by atoms with Gasteiger partial charge in [-0.2, -0.15) is 0 Å². The van der Waals surface area contributed by atoms with Crippen molar-refractivity contribution < 1.29 is 9.72 Å². The fourth-order valence-electron chi connectivity index (χ4n) is 3.77. The summed E-state index contributed by atoms with van der Waals surface area (Å²) in [6.07, 6.45) is 1.87. The second-order valence-corrected chi connectivity index (χ2v) is 7.53. The molecule has 0 unspecified atom stereocenters. The number of carbonyl (C=O) groups excluding carboxylic acids is 1. The average Bonchev–Trinajstić information content (AvgIpc) is 3.11. The summed E-state index contributed by atoms with van der Waals surface area (Å²) in [5, 5.41) is 14.4. The van der Waals surface area contributed by atoms with Gasteiger partial charge in [0.2, 0.25) is 0 Å². The fourth-order valence-corrected chi connectivity index (χ4v) is 3.95. The molecule has 29 heavy (non-hydrogen) atoms. The summed E-state index contributed by atoms with van der Waals surface area (Å²) >= 11 is 6.03. The number of rotatable bonds is 3. The molecule has 6 nitrogen and oxygen atoms in total. The second-order valence-electron chi connectivity index (χ2n) is 7.09. The average molecular weight is 408 g/mol. The van der Waals surface area contributed by atoms with Crippen LogP contribution in [0.25, 0.3) is 17.3 Å². The highest BCUT2D eigenvalue weighted by molar-refractivity contribution is 6.36. The molecule has 0 aliphatic carbocycles. The highest BCUT2D eigenvalue weighted by atomic mass is 35.5. The Balaban J connectivity index is 1.81. The van der Waals surface area contributed by atoms with Gasteiger partial charge in [-0.15, -0.1) is 0 Å². The van der Waals surface area contributed by atoms with Crippen LogP contribution in [0.1, 0.15) is 28.1 Å². The van der Waals surface area contributed by atoms with E-state index in [1.165, 1.54) is 6.07 Å². The van der Waals surface area contributed by atoms with Gasteiger partial charge < -0.3 is 9.88 Å². The number of carbonyl (C=O) groups is 1. The molecular formula is C22H18ClN3O3. The fraction of sp³-hybridized carbons (Fsp3) is 0.136. The van der Waals surface area contributed by atoms with Crippen molar-refractivity contribution in [3.63, 3.8) is 0 Å². The van der Waals surface area contributed by atoms with Crippen LogP contribution >= 0.6 is 11.6 Å². The molecule has 2 heterocycles. The van der Waals surface area contributed by atoms with Crippen LogP contribution in [0.2, 0.25) is 5.02 Å². The molecule has 1 N–H and O–H groups in total. The van der Waals surface area contributed by atoms with Crippen molar-refractivity contribution in [2.45, 2.75) is 20.8 Å². The van der Waals surface area contributed by atoms with E-state index in [4.69, 9.17) is 11.6 Å². The van der Waals surface area contributed by atoms with E-state index in [1.807, 2.05) is 43.5 Å². The van der Waals surface area contributed by atoms with E-state index in [9.17, 15) is 14.9 Å².